The number of hydrazine groups is 1. The van der Waals surface area contributed by atoms with Gasteiger partial charge < -0.3 is 14.2 Å². The Kier molecular flexibility index (Phi) is 10.8. The summed E-state index contributed by atoms with van der Waals surface area (Å²) in [6.07, 6.45) is 1.18. The molecule has 0 heterocycles. The molecule has 0 aliphatic rings. The number of carbonyl (C=O) groups excluding carboxylic acids is 1. The fourth-order valence-electron chi connectivity index (χ4n) is 3.03. The highest BCUT2D eigenvalue weighted by Crippen LogP contribution is 2.36. The van der Waals surface area contributed by atoms with E-state index in [2.05, 4.69) is 37.3 Å². The van der Waals surface area contributed by atoms with Crippen LogP contribution >= 0.6 is 31.9 Å². The van der Waals surface area contributed by atoms with Gasteiger partial charge in [-0.1, -0.05) is 56.1 Å². The highest BCUT2D eigenvalue weighted by molar-refractivity contribution is 9.09. The van der Waals surface area contributed by atoms with Crippen LogP contribution in [0, 0.1) is 13.8 Å². The number of nitrogens with zero attached hydrogens (tertiary/aromatic N) is 1. The van der Waals surface area contributed by atoms with Crippen LogP contribution in [0.4, 0.5) is 16.2 Å². The third-order valence-electron chi connectivity index (χ3n) is 4.53. The van der Waals surface area contributed by atoms with Crippen LogP contribution in [-0.4, -0.2) is 35.6 Å². The summed E-state index contributed by atoms with van der Waals surface area (Å²) in [5.41, 5.74) is 5.74. The van der Waals surface area contributed by atoms with E-state index in [4.69, 9.17) is 14.2 Å². The van der Waals surface area contributed by atoms with Crippen molar-refractivity contribution in [1.82, 2.24) is 0 Å². The average Bonchev–Trinajstić information content (AvgIpc) is 2.73. The maximum atomic E-state index is 13.4. The quantitative estimate of drug-likeness (QED) is 0.169. The number of aryl methyl sites for hydroxylation is 2. The summed E-state index contributed by atoms with van der Waals surface area (Å²) in [5, 5.41) is 3.11. The number of hydrogen-bond acceptors (Lipinski definition) is 5. The molecule has 182 valence electrons. The first-order chi connectivity index (χ1) is 15.7. The number of hydrogen-bond donors (Lipinski definition) is 1. The zero-order chi connectivity index (χ0) is 24.4. The molecule has 8 heteroatoms. The summed E-state index contributed by atoms with van der Waals surface area (Å²) in [7, 11) is 0. The van der Waals surface area contributed by atoms with Crippen LogP contribution in [0.15, 0.2) is 36.4 Å². The first kappa shape index (κ1) is 27.3. The normalized spacial score (nSPS) is 11.1. The van der Waals surface area contributed by atoms with Crippen molar-refractivity contribution in [2.45, 2.75) is 53.1 Å². The second-order valence-electron chi connectivity index (χ2n) is 8.58. The number of rotatable bonds is 11. The number of para-hydroxylation sites is 2. The Balaban J connectivity index is 2.51. The number of anilines is 2. The number of nitrogens with one attached hydrogen (secondary N) is 1. The van der Waals surface area contributed by atoms with Crippen molar-refractivity contribution in [1.29, 1.82) is 0 Å². The molecule has 0 saturated carbocycles. The molecule has 0 saturated heterocycles. The molecule has 0 atom stereocenters. The number of benzene rings is 2. The Morgan fingerprint density at radius 1 is 0.909 bits per heavy atom. The topological polar surface area (TPSA) is 60.0 Å². The Hall–Kier alpha value is -1.93. The van der Waals surface area contributed by atoms with E-state index in [1.54, 1.807) is 0 Å². The zero-order valence-corrected chi connectivity index (χ0v) is 23.2. The number of halogens is 2. The molecule has 2 aromatic rings. The minimum Gasteiger partial charge on any atom is -0.491 e. The predicted molar refractivity (Wildman–Crippen MR) is 143 cm³/mol. The lowest BCUT2D eigenvalue weighted by Gasteiger charge is -2.31. The highest BCUT2D eigenvalue weighted by atomic mass is 79.9. The van der Waals surface area contributed by atoms with E-state index in [9.17, 15) is 4.79 Å². The lowest BCUT2D eigenvalue weighted by molar-refractivity contribution is 0.0587. The molecule has 2 aromatic carbocycles. The SMILES string of the molecule is Cc1cccc(OCCCBr)c1NN(C(=O)OC(C)(C)C)c1c(C)cccc1OCCCBr. The molecule has 0 aliphatic carbocycles. The zero-order valence-electron chi connectivity index (χ0n) is 20.0. The minimum atomic E-state index is -0.669. The van der Waals surface area contributed by atoms with Crippen molar-refractivity contribution < 1.29 is 19.0 Å². The molecule has 33 heavy (non-hydrogen) atoms. The van der Waals surface area contributed by atoms with Crippen LogP contribution in [0.2, 0.25) is 0 Å². The van der Waals surface area contributed by atoms with Gasteiger partial charge in [-0.25, -0.2) is 4.79 Å². The van der Waals surface area contributed by atoms with E-state index in [0.717, 1.165) is 34.6 Å². The molecular weight excluding hydrogens is 552 g/mol. The second kappa shape index (κ2) is 13.1. The lowest BCUT2D eigenvalue weighted by Crippen LogP contribution is -2.41. The molecule has 0 bridgehead atoms. The summed E-state index contributed by atoms with van der Waals surface area (Å²) in [5.74, 6) is 1.27. The third kappa shape index (κ3) is 8.41. The van der Waals surface area contributed by atoms with Gasteiger partial charge in [-0.05, 0) is 70.7 Å². The molecule has 6 nitrogen and oxygen atoms in total. The number of amides is 1. The van der Waals surface area contributed by atoms with E-state index in [0.29, 0.717) is 36.1 Å². The van der Waals surface area contributed by atoms with Gasteiger partial charge >= 0.3 is 6.09 Å². The maximum Gasteiger partial charge on any atom is 0.434 e. The molecular formula is C25H34Br2N2O4. The summed E-state index contributed by atoms with van der Waals surface area (Å²) >= 11 is 6.87. The van der Waals surface area contributed by atoms with Gasteiger partial charge in [0.25, 0.3) is 0 Å². The minimum absolute atomic E-state index is 0.523. The molecule has 0 fully saturated rings. The van der Waals surface area contributed by atoms with Crippen LogP contribution in [0.25, 0.3) is 0 Å². The van der Waals surface area contributed by atoms with Crippen LogP contribution in [0.3, 0.4) is 0 Å². The van der Waals surface area contributed by atoms with Crippen LogP contribution in [-0.2, 0) is 4.74 Å². The average molecular weight is 586 g/mol. The largest absolute Gasteiger partial charge is 0.491 e. The van der Waals surface area contributed by atoms with E-state index in [1.807, 2.05) is 71.0 Å². The molecule has 0 spiro atoms. The lowest BCUT2D eigenvalue weighted by atomic mass is 10.1. The number of carbonyl (C=O) groups is 1. The Bertz CT molecular complexity index is 916. The van der Waals surface area contributed by atoms with Gasteiger partial charge in [0.1, 0.15) is 22.8 Å². The van der Waals surface area contributed by atoms with Gasteiger partial charge in [-0.15, -0.1) is 0 Å². The summed E-state index contributed by atoms with van der Waals surface area (Å²) in [6.45, 7) is 10.5. The van der Waals surface area contributed by atoms with Crippen molar-refractivity contribution >= 4 is 49.3 Å². The monoisotopic (exact) mass is 584 g/mol. The molecule has 2 rings (SSSR count). The second-order valence-corrected chi connectivity index (χ2v) is 10.2. The van der Waals surface area contributed by atoms with Crippen LogP contribution in [0.5, 0.6) is 11.5 Å². The summed E-state index contributed by atoms with van der Waals surface area (Å²) < 4.78 is 17.8. The molecule has 1 N–H and O–H groups in total. The van der Waals surface area contributed by atoms with Gasteiger partial charge in [-0.3, -0.25) is 5.43 Å². The van der Waals surface area contributed by atoms with Crippen molar-refractivity contribution in [3.8, 4) is 11.5 Å². The van der Waals surface area contributed by atoms with E-state index < -0.39 is 11.7 Å². The van der Waals surface area contributed by atoms with Gasteiger partial charge in [-0.2, -0.15) is 5.01 Å². The standard InChI is InChI=1S/C25H34Br2N2O4/c1-18-10-6-12-20(31-16-8-14-26)22(18)28-29(24(30)33-25(3,4)5)23-19(2)11-7-13-21(23)32-17-9-15-27/h6-7,10-13,28H,8-9,14-17H2,1-5H3. The first-order valence-electron chi connectivity index (χ1n) is 11.0. The molecule has 1 amide bonds. The fraction of sp³-hybridized carbons (Fsp3) is 0.480. The number of alkyl halides is 2. The van der Waals surface area contributed by atoms with Crippen molar-refractivity contribution in [2.75, 3.05) is 34.3 Å². The third-order valence-corrected chi connectivity index (χ3v) is 5.65. The molecule has 0 aromatic heterocycles. The van der Waals surface area contributed by atoms with Crippen molar-refractivity contribution in [3.05, 3.63) is 47.5 Å². The Morgan fingerprint density at radius 2 is 1.45 bits per heavy atom. The van der Waals surface area contributed by atoms with Gasteiger partial charge in [0.15, 0.2) is 0 Å². The van der Waals surface area contributed by atoms with Gasteiger partial charge in [0.2, 0.25) is 0 Å². The van der Waals surface area contributed by atoms with Gasteiger partial charge in [0.05, 0.1) is 18.9 Å². The van der Waals surface area contributed by atoms with Crippen LogP contribution in [0.1, 0.15) is 44.7 Å². The van der Waals surface area contributed by atoms with Gasteiger partial charge in [0, 0.05) is 10.7 Å². The number of ether oxygens (including phenoxy) is 3. The molecule has 0 aliphatic heterocycles. The summed E-state index contributed by atoms with van der Waals surface area (Å²) in [6, 6.07) is 11.5. The highest BCUT2D eigenvalue weighted by Gasteiger charge is 2.28. The Morgan fingerprint density at radius 3 is 2.03 bits per heavy atom. The van der Waals surface area contributed by atoms with Crippen molar-refractivity contribution in [3.63, 3.8) is 0 Å². The smallest absolute Gasteiger partial charge is 0.434 e. The van der Waals surface area contributed by atoms with E-state index >= 15 is 0 Å². The first-order valence-corrected chi connectivity index (χ1v) is 13.3. The fourth-order valence-corrected chi connectivity index (χ4v) is 3.48. The maximum absolute atomic E-state index is 13.4. The Labute approximate surface area is 214 Å². The predicted octanol–water partition coefficient (Wildman–Crippen LogP) is 7.40. The van der Waals surface area contributed by atoms with E-state index in [1.165, 1.54) is 5.01 Å². The summed E-state index contributed by atoms with van der Waals surface area (Å²) in [4.78, 5) is 13.4. The van der Waals surface area contributed by atoms with Crippen molar-refractivity contribution in [2.24, 2.45) is 0 Å². The van der Waals surface area contributed by atoms with E-state index in [-0.39, 0.29) is 0 Å². The molecule has 0 unspecified atom stereocenters. The molecule has 0 radical (unpaired) electrons. The van der Waals surface area contributed by atoms with Crippen LogP contribution < -0.4 is 19.9 Å².